The number of ether oxygens (including phenoxy) is 1. The number of benzene rings is 1. The van der Waals surface area contributed by atoms with Crippen molar-refractivity contribution in [3.8, 4) is 0 Å². The molecule has 112 valence electrons. The van der Waals surface area contributed by atoms with Crippen molar-refractivity contribution in [1.82, 2.24) is 4.57 Å². The SMILES string of the molecule is CCOC(=O)Cn1c2c(c(=N)c3ccccc31)CCC2.[Cl-]. The van der Waals surface area contributed by atoms with E-state index in [-0.39, 0.29) is 24.9 Å². The zero-order chi connectivity index (χ0) is 14.1. The van der Waals surface area contributed by atoms with E-state index in [0.717, 1.165) is 41.4 Å². The van der Waals surface area contributed by atoms with Crippen molar-refractivity contribution in [3.63, 3.8) is 0 Å². The van der Waals surface area contributed by atoms with Crippen LogP contribution in [0.3, 0.4) is 0 Å². The Morgan fingerprint density at radius 3 is 2.86 bits per heavy atom. The molecule has 0 amide bonds. The lowest BCUT2D eigenvalue weighted by molar-refractivity contribution is -0.143. The van der Waals surface area contributed by atoms with Crippen LogP contribution in [0.25, 0.3) is 10.9 Å². The van der Waals surface area contributed by atoms with Gasteiger partial charge in [-0.25, -0.2) is 0 Å². The average molecular weight is 306 g/mol. The molecule has 0 aliphatic heterocycles. The first kappa shape index (κ1) is 15.6. The molecule has 1 aromatic carbocycles. The quantitative estimate of drug-likeness (QED) is 0.753. The van der Waals surface area contributed by atoms with Crippen LogP contribution in [-0.2, 0) is 28.9 Å². The van der Waals surface area contributed by atoms with E-state index in [0.29, 0.717) is 12.0 Å². The molecule has 0 fully saturated rings. The Morgan fingerprint density at radius 2 is 2.10 bits per heavy atom. The van der Waals surface area contributed by atoms with Crippen LogP contribution in [-0.4, -0.2) is 17.1 Å². The number of carbonyl (C=O) groups is 1. The van der Waals surface area contributed by atoms with Crippen molar-refractivity contribution in [2.24, 2.45) is 0 Å². The highest BCUT2D eigenvalue weighted by atomic mass is 35.5. The minimum atomic E-state index is -0.213. The number of esters is 1. The number of pyridine rings is 1. The summed E-state index contributed by atoms with van der Waals surface area (Å²) in [5.41, 5.74) is 3.17. The molecule has 0 spiro atoms. The number of hydrogen-bond donors (Lipinski definition) is 1. The Hall–Kier alpha value is -1.81. The van der Waals surface area contributed by atoms with E-state index in [2.05, 4.69) is 0 Å². The number of halogens is 1. The molecule has 0 radical (unpaired) electrons. The summed E-state index contributed by atoms with van der Waals surface area (Å²) in [6.07, 6.45) is 2.92. The molecular formula is C16H18ClN2O2-. The molecule has 1 aromatic heterocycles. The molecular weight excluding hydrogens is 288 g/mol. The fourth-order valence-electron chi connectivity index (χ4n) is 3.04. The normalized spacial score (nSPS) is 12.8. The van der Waals surface area contributed by atoms with Crippen molar-refractivity contribution in [1.29, 1.82) is 5.41 Å². The molecule has 1 aliphatic carbocycles. The van der Waals surface area contributed by atoms with Crippen molar-refractivity contribution >= 4 is 16.9 Å². The molecule has 3 rings (SSSR count). The van der Waals surface area contributed by atoms with Crippen molar-refractivity contribution in [2.75, 3.05) is 6.61 Å². The van der Waals surface area contributed by atoms with Gasteiger partial charge in [-0.3, -0.25) is 10.2 Å². The Bertz CT molecular complexity index is 737. The summed E-state index contributed by atoms with van der Waals surface area (Å²) in [4.78, 5) is 11.9. The summed E-state index contributed by atoms with van der Waals surface area (Å²) in [6, 6.07) is 7.82. The van der Waals surface area contributed by atoms with Gasteiger partial charge in [-0.05, 0) is 37.8 Å². The highest BCUT2D eigenvalue weighted by Crippen LogP contribution is 2.24. The standard InChI is InChI=1S/C16H18N2O2.ClH/c1-2-20-15(19)10-18-13-8-4-3-6-11(13)16(17)12-7-5-9-14(12)18;/h3-4,6,8,17H,2,5,7,9-10H2,1H3;1H/p-1. The van der Waals surface area contributed by atoms with Gasteiger partial charge in [-0.15, -0.1) is 0 Å². The smallest absolute Gasteiger partial charge is 0.325 e. The lowest BCUT2D eigenvalue weighted by Gasteiger charge is -2.16. The second kappa shape index (κ2) is 6.31. The molecule has 0 atom stereocenters. The van der Waals surface area contributed by atoms with E-state index in [1.165, 1.54) is 0 Å². The molecule has 4 nitrogen and oxygen atoms in total. The third kappa shape index (κ3) is 2.68. The molecule has 1 heterocycles. The van der Waals surface area contributed by atoms with Gasteiger partial charge in [0.2, 0.25) is 0 Å². The summed E-state index contributed by atoms with van der Waals surface area (Å²) >= 11 is 0. The van der Waals surface area contributed by atoms with E-state index in [1.54, 1.807) is 0 Å². The van der Waals surface area contributed by atoms with Gasteiger partial charge in [0.25, 0.3) is 0 Å². The van der Waals surface area contributed by atoms with Gasteiger partial charge in [-0.1, -0.05) is 18.2 Å². The monoisotopic (exact) mass is 305 g/mol. The Kier molecular flexibility index (Phi) is 4.68. The first-order valence-corrected chi connectivity index (χ1v) is 7.06. The summed E-state index contributed by atoms with van der Waals surface area (Å²) < 4.78 is 7.11. The number of carbonyl (C=O) groups excluding carboxylic acids is 1. The summed E-state index contributed by atoms with van der Waals surface area (Å²) in [5.74, 6) is -0.213. The van der Waals surface area contributed by atoms with E-state index >= 15 is 0 Å². The minimum Gasteiger partial charge on any atom is -1.00 e. The number of rotatable bonds is 3. The Labute approximate surface area is 129 Å². The number of nitrogens with one attached hydrogen (secondary N) is 1. The third-order valence-corrected chi connectivity index (χ3v) is 3.87. The molecule has 2 aromatic rings. The lowest BCUT2D eigenvalue weighted by Crippen LogP contribution is -3.00. The van der Waals surface area contributed by atoms with Crippen LogP contribution in [0, 0.1) is 5.41 Å². The van der Waals surface area contributed by atoms with Crippen LogP contribution < -0.4 is 17.8 Å². The first-order chi connectivity index (χ1) is 9.72. The third-order valence-electron chi connectivity index (χ3n) is 3.87. The predicted molar refractivity (Wildman–Crippen MR) is 76.5 cm³/mol. The molecule has 0 saturated heterocycles. The van der Waals surface area contributed by atoms with Crippen LogP contribution in [0.5, 0.6) is 0 Å². The average Bonchev–Trinajstić information content (AvgIpc) is 2.93. The van der Waals surface area contributed by atoms with Crippen LogP contribution in [0.1, 0.15) is 24.6 Å². The Morgan fingerprint density at radius 1 is 1.33 bits per heavy atom. The number of fused-ring (bicyclic) bond motifs is 2. The molecule has 21 heavy (non-hydrogen) atoms. The van der Waals surface area contributed by atoms with Crippen molar-refractivity contribution in [2.45, 2.75) is 32.7 Å². The molecule has 5 heteroatoms. The number of aromatic nitrogens is 1. The minimum absolute atomic E-state index is 0. The van der Waals surface area contributed by atoms with Gasteiger partial charge in [0, 0.05) is 11.1 Å². The van der Waals surface area contributed by atoms with Gasteiger partial charge in [0.1, 0.15) is 6.54 Å². The lowest BCUT2D eigenvalue weighted by atomic mass is 10.1. The number of hydrogen-bond acceptors (Lipinski definition) is 3. The molecule has 1 aliphatic rings. The van der Waals surface area contributed by atoms with E-state index in [4.69, 9.17) is 10.1 Å². The summed E-state index contributed by atoms with van der Waals surface area (Å²) in [5, 5.41) is 9.88. The van der Waals surface area contributed by atoms with Crippen LogP contribution in [0.4, 0.5) is 0 Å². The van der Waals surface area contributed by atoms with Crippen LogP contribution in [0.15, 0.2) is 24.3 Å². The maximum absolute atomic E-state index is 11.9. The van der Waals surface area contributed by atoms with Gasteiger partial charge < -0.3 is 21.7 Å². The zero-order valence-electron chi connectivity index (χ0n) is 12.0. The summed E-state index contributed by atoms with van der Waals surface area (Å²) in [7, 11) is 0. The zero-order valence-corrected chi connectivity index (χ0v) is 12.7. The molecule has 1 N–H and O–H groups in total. The van der Waals surface area contributed by atoms with Gasteiger partial charge >= 0.3 is 5.97 Å². The Balaban J connectivity index is 0.00000161. The highest BCUT2D eigenvalue weighted by Gasteiger charge is 2.20. The first-order valence-electron chi connectivity index (χ1n) is 7.06. The van der Waals surface area contributed by atoms with Crippen molar-refractivity contribution in [3.05, 3.63) is 40.9 Å². The van der Waals surface area contributed by atoms with Gasteiger partial charge in [0.15, 0.2) is 0 Å². The van der Waals surface area contributed by atoms with Gasteiger partial charge in [0.05, 0.1) is 17.5 Å². The largest absolute Gasteiger partial charge is 1.00 e. The van der Waals surface area contributed by atoms with Crippen molar-refractivity contribution < 1.29 is 21.9 Å². The van der Waals surface area contributed by atoms with E-state index in [9.17, 15) is 4.79 Å². The molecule has 0 saturated carbocycles. The van der Waals surface area contributed by atoms with Crippen LogP contribution in [0.2, 0.25) is 0 Å². The number of nitrogens with zero attached hydrogens (tertiary/aromatic N) is 1. The van der Waals surface area contributed by atoms with E-state index in [1.807, 2.05) is 35.8 Å². The second-order valence-electron chi connectivity index (χ2n) is 5.06. The second-order valence-corrected chi connectivity index (χ2v) is 5.06. The number of para-hydroxylation sites is 1. The fourth-order valence-corrected chi connectivity index (χ4v) is 3.04. The van der Waals surface area contributed by atoms with Crippen LogP contribution >= 0.6 is 0 Å². The maximum atomic E-state index is 11.9. The molecule has 0 unspecified atom stereocenters. The summed E-state index contributed by atoms with van der Waals surface area (Å²) in [6.45, 7) is 2.45. The fraction of sp³-hybridized carbons (Fsp3) is 0.375. The predicted octanol–water partition coefficient (Wildman–Crippen LogP) is -0.823. The van der Waals surface area contributed by atoms with Gasteiger partial charge in [-0.2, -0.15) is 0 Å². The topological polar surface area (TPSA) is 55.1 Å². The molecule has 0 bridgehead atoms. The maximum Gasteiger partial charge on any atom is 0.325 e. The highest BCUT2D eigenvalue weighted by molar-refractivity contribution is 5.82. The van der Waals surface area contributed by atoms with E-state index < -0.39 is 0 Å².